The molecule has 2 saturated carbocycles. The molecule has 2 heterocycles. The zero-order chi connectivity index (χ0) is 19.4. The molecule has 27 heavy (non-hydrogen) atoms. The lowest BCUT2D eigenvalue weighted by atomic mass is 9.77. The van der Waals surface area contributed by atoms with E-state index in [0.29, 0.717) is 30.6 Å². The molecule has 2 aromatic rings. The summed E-state index contributed by atoms with van der Waals surface area (Å²) in [6.07, 6.45) is 2.05. The summed E-state index contributed by atoms with van der Waals surface area (Å²) >= 11 is 6.15. The van der Waals surface area contributed by atoms with Crippen LogP contribution in [0.5, 0.6) is 0 Å². The highest BCUT2D eigenvalue weighted by Gasteiger charge is 2.48. The number of rotatable bonds is 3. The largest absolute Gasteiger partial charge is 0.302 e. The fraction of sp³-hybridized carbons (Fsp3) is 0.579. The van der Waals surface area contributed by atoms with Gasteiger partial charge in [0.05, 0.1) is 16.3 Å². The maximum atomic E-state index is 13.5. The maximum Gasteiger partial charge on any atom is 0.249 e. The Bertz CT molecular complexity index is 913. The fourth-order valence-corrected chi connectivity index (χ4v) is 4.37. The van der Waals surface area contributed by atoms with Crippen LogP contribution in [0.1, 0.15) is 61.4 Å². The number of nitriles is 1. The predicted molar refractivity (Wildman–Crippen MR) is 92.4 cm³/mol. The Morgan fingerprint density at radius 2 is 1.85 bits per heavy atom. The molecule has 0 radical (unpaired) electrons. The van der Waals surface area contributed by atoms with Crippen LogP contribution in [0.4, 0.5) is 17.6 Å². The first kappa shape index (κ1) is 18.5. The highest BCUT2D eigenvalue weighted by Crippen LogP contribution is 2.49. The molecule has 0 amide bonds. The third kappa shape index (κ3) is 3.52. The summed E-state index contributed by atoms with van der Waals surface area (Å²) in [6.45, 7) is 0. The molecule has 2 aromatic heterocycles. The summed E-state index contributed by atoms with van der Waals surface area (Å²) in [5, 5.41) is 9.41. The van der Waals surface area contributed by atoms with E-state index in [4.69, 9.17) is 16.9 Å². The van der Waals surface area contributed by atoms with Gasteiger partial charge in [-0.25, -0.2) is 22.5 Å². The molecule has 8 heteroatoms. The van der Waals surface area contributed by atoms with Gasteiger partial charge in [-0.15, -0.1) is 0 Å². The topological polar surface area (TPSA) is 41.1 Å². The fourth-order valence-electron chi connectivity index (χ4n) is 4.18. The minimum atomic E-state index is -2.68. The average molecular weight is 400 g/mol. The van der Waals surface area contributed by atoms with E-state index in [9.17, 15) is 17.6 Å². The van der Waals surface area contributed by atoms with Gasteiger partial charge < -0.3 is 4.40 Å². The number of halogens is 5. The Hall–Kier alpha value is -1.81. The summed E-state index contributed by atoms with van der Waals surface area (Å²) in [7, 11) is 0. The number of fused-ring (bicyclic) bond motifs is 1. The van der Waals surface area contributed by atoms with Gasteiger partial charge in [-0.1, -0.05) is 11.6 Å². The Labute approximate surface area is 158 Å². The standard InChI is InChI=1S/C19H18ClF4N3/c20-14-10-27-15(5-11-1-3-18(21,22)4-2-11)17(13-7-19(23,24)8-13)26-16(27)6-12(14)9-25/h6,10-11,13H,1-5,7-8H2. The van der Waals surface area contributed by atoms with Crippen LogP contribution in [-0.4, -0.2) is 21.2 Å². The Kier molecular flexibility index (Phi) is 4.38. The first-order valence-electron chi connectivity index (χ1n) is 9.03. The van der Waals surface area contributed by atoms with Crippen LogP contribution in [-0.2, 0) is 6.42 Å². The molecule has 144 valence electrons. The van der Waals surface area contributed by atoms with E-state index in [-0.39, 0.29) is 48.1 Å². The van der Waals surface area contributed by atoms with E-state index < -0.39 is 11.8 Å². The molecule has 2 fully saturated rings. The van der Waals surface area contributed by atoms with Crippen molar-refractivity contribution in [1.82, 2.24) is 9.38 Å². The van der Waals surface area contributed by atoms with Crippen molar-refractivity contribution in [2.45, 2.75) is 62.7 Å². The van der Waals surface area contributed by atoms with Crippen molar-refractivity contribution in [3.63, 3.8) is 0 Å². The smallest absolute Gasteiger partial charge is 0.249 e. The van der Waals surface area contributed by atoms with E-state index in [1.54, 1.807) is 16.7 Å². The molecule has 2 aliphatic carbocycles. The Morgan fingerprint density at radius 3 is 2.44 bits per heavy atom. The summed E-state index contributed by atoms with van der Waals surface area (Å²) < 4.78 is 55.5. The van der Waals surface area contributed by atoms with Crippen LogP contribution in [0, 0.1) is 17.2 Å². The monoisotopic (exact) mass is 399 g/mol. The molecule has 0 atom stereocenters. The summed E-state index contributed by atoms with van der Waals surface area (Å²) in [5.41, 5.74) is 2.09. The van der Waals surface area contributed by atoms with Crippen molar-refractivity contribution in [2.75, 3.05) is 0 Å². The van der Waals surface area contributed by atoms with Crippen LogP contribution in [0.15, 0.2) is 12.3 Å². The predicted octanol–water partition coefficient (Wildman–Crippen LogP) is 5.74. The van der Waals surface area contributed by atoms with Gasteiger partial charge in [-0.2, -0.15) is 5.26 Å². The lowest BCUT2D eigenvalue weighted by Crippen LogP contribution is -2.34. The second-order valence-electron chi connectivity index (χ2n) is 7.78. The van der Waals surface area contributed by atoms with Crippen molar-refractivity contribution in [2.24, 2.45) is 5.92 Å². The molecule has 0 aliphatic heterocycles. The maximum absolute atomic E-state index is 13.5. The van der Waals surface area contributed by atoms with Gasteiger partial charge in [0.1, 0.15) is 11.7 Å². The van der Waals surface area contributed by atoms with Crippen LogP contribution in [0.2, 0.25) is 5.02 Å². The summed E-state index contributed by atoms with van der Waals surface area (Å²) in [5.74, 6) is -5.59. The summed E-state index contributed by atoms with van der Waals surface area (Å²) in [6, 6.07) is 3.53. The lowest BCUT2D eigenvalue weighted by molar-refractivity contribution is -0.0878. The number of alkyl halides is 4. The van der Waals surface area contributed by atoms with Crippen LogP contribution in [0.3, 0.4) is 0 Å². The van der Waals surface area contributed by atoms with Gasteiger partial charge in [0.25, 0.3) is 0 Å². The normalized spacial score (nSPS) is 22.5. The van der Waals surface area contributed by atoms with Crippen molar-refractivity contribution < 1.29 is 17.6 Å². The van der Waals surface area contributed by atoms with Gasteiger partial charge >= 0.3 is 0 Å². The number of hydrogen-bond donors (Lipinski definition) is 0. The molecule has 0 bridgehead atoms. The zero-order valence-electron chi connectivity index (χ0n) is 14.5. The lowest BCUT2D eigenvalue weighted by Gasteiger charge is -2.35. The molecule has 3 nitrogen and oxygen atoms in total. The van der Waals surface area contributed by atoms with Gasteiger partial charge in [-0.3, -0.25) is 0 Å². The quantitative estimate of drug-likeness (QED) is 0.617. The van der Waals surface area contributed by atoms with Crippen molar-refractivity contribution in [3.8, 4) is 6.07 Å². The first-order chi connectivity index (χ1) is 12.7. The third-order valence-electron chi connectivity index (χ3n) is 5.76. The number of nitrogens with zero attached hydrogens (tertiary/aromatic N) is 3. The molecule has 2 aliphatic rings. The van der Waals surface area contributed by atoms with Gasteiger partial charge in [0.2, 0.25) is 11.8 Å². The van der Waals surface area contributed by atoms with Crippen molar-refractivity contribution >= 4 is 17.2 Å². The molecule has 0 unspecified atom stereocenters. The van der Waals surface area contributed by atoms with Gasteiger partial charge in [0.15, 0.2) is 0 Å². The highest BCUT2D eigenvalue weighted by atomic mass is 35.5. The van der Waals surface area contributed by atoms with Crippen molar-refractivity contribution in [3.05, 3.63) is 34.2 Å². The molecule has 0 aromatic carbocycles. The number of hydrogen-bond acceptors (Lipinski definition) is 2. The molecule has 0 spiro atoms. The van der Waals surface area contributed by atoms with E-state index in [1.165, 1.54) is 0 Å². The van der Waals surface area contributed by atoms with Gasteiger partial charge in [-0.05, 0) is 25.2 Å². The molecule has 0 saturated heterocycles. The average Bonchev–Trinajstić information content (AvgIpc) is 2.91. The van der Waals surface area contributed by atoms with Crippen LogP contribution in [0.25, 0.3) is 5.65 Å². The third-order valence-corrected chi connectivity index (χ3v) is 6.06. The minimum absolute atomic E-state index is 0.0540. The Morgan fingerprint density at radius 1 is 1.19 bits per heavy atom. The summed E-state index contributed by atoms with van der Waals surface area (Å²) in [4.78, 5) is 4.52. The Balaban J connectivity index is 1.70. The second kappa shape index (κ2) is 6.37. The van der Waals surface area contributed by atoms with Crippen molar-refractivity contribution in [1.29, 1.82) is 5.26 Å². The van der Waals surface area contributed by atoms with Crippen LogP contribution < -0.4 is 0 Å². The SMILES string of the molecule is N#Cc1cc2nc(C3CC(F)(F)C3)c(CC3CCC(F)(F)CC3)n2cc1Cl. The molecule has 0 N–H and O–H groups in total. The number of pyridine rings is 1. The van der Waals surface area contributed by atoms with Crippen LogP contribution >= 0.6 is 11.6 Å². The molecular formula is C19H18ClF4N3. The van der Waals surface area contributed by atoms with E-state index in [1.807, 2.05) is 6.07 Å². The van der Waals surface area contributed by atoms with E-state index >= 15 is 0 Å². The van der Waals surface area contributed by atoms with Gasteiger partial charge in [0, 0.05) is 49.6 Å². The van der Waals surface area contributed by atoms with E-state index in [0.717, 1.165) is 5.69 Å². The zero-order valence-corrected chi connectivity index (χ0v) is 15.2. The molecular weight excluding hydrogens is 382 g/mol. The minimum Gasteiger partial charge on any atom is -0.302 e. The van der Waals surface area contributed by atoms with E-state index in [2.05, 4.69) is 4.98 Å². The first-order valence-corrected chi connectivity index (χ1v) is 9.41. The highest BCUT2D eigenvalue weighted by molar-refractivity contribution is 6.31. The number of aromatic nitrogens is 2. The second-order valence-corrected chi connectivity index (χ2v) is 8.19. The number of imidazole rings is 1. The molecule has 4 rings (SSSR count).